The van der Waals surface area contributed by atoms with Crippen molar-refractivity contribution >= 4 is 12.0 Å². The molecule has 8 nitrogen and oxygen atoms in total. The van der Waals surface area contributed by atoms with Crippen molar-refractivity contribution < 1.29 is 19.4 Å². The first-order valence-corrected chi connectivity index (χ1v) is 7.04. The van der Waals surface area contributed by atoms with Crippen molar-refractivity contribution in [2.45, 2.75) is 25.4 Å². The summed E-state index contributed by atoms with van der Waals surface area (Å²) < 4.78 is 5.34. The molecule has 1 atom stereocenters. The number of aliphatic carboxylic acids is 1. The summed E-state index contributed by atoms with van der Waals surface area (Å²) in [5.74, 6) is -0.997. The molecule has 0 spiro atoms. The number of H-pyrrole nitrogens is 1. The van der Waals surface area contributed by atoms with E-state index in [0.717, 1.165) is 17.8 Å². The largest absolute Gasteiger partial charge is 0.480 e. The average Bonchev–Trinajstić information content (AvgIpc) is 2.76. The van der Waals surface area contributed by atoms with E-state index >= 15 is 0 Å². The van der Waals surface area contributed by atoms with Crippen molar-refractivity contribution in [1.82, 2.24) is 19.8 Å². The summed E-state index contributed by atoms with van der Waals surface area (Å²) in [6, 6.07) is -1.11. The van der Waals surface area contributed by atoms with Crippen LogP contribution in [0.4, 0.5) is 4.79 Å². The molecule has 8 heteroatoms. The Morgan fingerprint density at radius 2 is 2.24 bits per heavy atom. The smallest absolute Gasteiger partial charge is 0.326 e. The highest BCUT2D eigenvalue weighted by Gasteiger charge is 2.37. The Morgan fingerprint density at radius 1 is 1.38 bits per heavy atom. The van der Waals surface area contributed by atoms with E-state index in [0.29, 0.717) is 26.3 Å². The summed E-state index contributed by atoms with van der Waals surface area (Å²) >= 11 is 0. The van der Waals surface area contributed by atoms with Crippen LogP contribution >= 0.6 is 0 Å². The number of carbonyl (C=O) groups excluding carboxylic acids is 1. The number of nitrogens with one attached hydrogen (secondary N) is 1. The highest BCUT2D eigenvalue weighted by Crippen LogP contribution is 2.22. The number of carboxylic acid groups (broad SMARTS) is 1. The molecule has 114 valence electrons. The number of hydrogen-bond acceptors (Lipinski definition) is 4. The monoisotopic (exact) mass is 294 g/mol. The number of amides is 2. The van der Waals surface area contributed by atoms with E-state index in [4.69, 9.17) is 4.74 Å². The van der Waals surface area contributed by atoms with Gasteiger partial charge in [-0.2, -0.15) is 0 Å². The van der Waals surface area contributed by atoms with Gasteiger partial charge in [-0.25, -0.2) is 14.6 Å². The Balaban J connectivity index is 1.81. The van der Waals surface area contributed by atoms with Crippen LogP contribution in [0, 0.1) is 0 Å². The number of ether oxygens (including phenoxy) is 1. The molecule has 0 aromatic carbocycles. The van der Waals surface area contributed by atoms with Crippen LogP contribution in [0.5, 0.6) is 0 Å². The topological polar surface area (TPSA) is 98.8 Å². The average molecular weight is 294 g/mol. The fraction of sp³-hybridized carbons (Fsp3) is 0.615. The van der Waals surface area contributed by atoms with E-state index in [2.05, 4.69) is 9.97 Å². The number of nitrogens with zero attached hydrogens (tertiary/aromatic N) is 3. The second-order valence-electron chi connectivity index (χ2n) is 5.25. The van der Waals surface area contributed by atoms with Crippen LogP contribution in [-0.2, 0) is 22.5 Å². The SMILES string of the molecule is O=C(O)C1Cc2nc[nH]c2CN1C(=O)N1CCCOCC1. The molecule has 0 aliphatic carbocycles. The molecule has 2 N–H and O–H groups in total. The number of urea groups is 1. The zero-order valence-corrected chi connectivity index (χ0v) is 11.6. The number of imidazole rings is 1. The summed E-state index contributed by atoms with van der Waals surface area (Å²) in [4.78, 5) is 34.3. The van der Waals surface area contributed by atoms with Gasteiger partial charge in [-0.05, 0) is 6.42 Å². The number of fused-ring (bicyclic) bond motifs is 1. The fourth-order valence-electron chi connectivity index (χ4n) is 2.78. The van der Waals surface area contributed by atoms with Gasteiger partial charge in [0.05, 0.1) is 30.9 Å². The van der Waals surface area contributed by atoms with Crippen molar-refractivity contribution in [2.24, 2.45) is 0 Å². The first-order chi connectivity index (χ1) is 10.2. The Labute approximate surface area is 121 Å². The van der Waals surface area contributed by atoms with E-state index in [1.165, 1.54) is 11.2 Å². The maximum Gasteiger partial charge on any atom is 0.326 e. The first kappa shape index (κ1) is 13.9. The van der Waals surface area contributed by atoms with Crippen molar-refractivity contribution in [3.8, 4) is 0 Å². The molecule has 21 heavy (non-hydrogen) atoms. The van der Waals surface area contributed by atoms with Crippen molar-refractivity contribution in [1.29, 1.82) is 0 Å². The molecule has 2 aliphatic rings. The zero-order chi connectivity index (χ0) is 14.8. The van der Waals surface area contributed by atoms with Crippen LogP contribution in [-0.4, -0.2) is 69.2 Å². The molecule has 1 saturated heterocycles. The number of rotatable bonds is 1. The summed E-state index contributed by atoms with van der Waals surface area (Å²) in [7, 11) is 0. The Hall–Kier alpha value is -2.09. The molecule has 0 saturated carbocycles. The van der Waals surface area contributed by atoms with Gasteiger partial charge in [0.2, 0.25) is 0 Å². The van der Waals surface area contributed by atoms with Crippen LogP contribution in [0.2, 0.25) is 0 Å². The highest BCUT2D eigenvalue weighted by molar-refractivity contribution is 5.83. The van der Waals surface area contributed by atoms with Crippen LogP contribution in [0.25, 0.3) is 0 Å². The summed E-state index contributed by atoms with van der Waals surface area (Å²) in [5.41, 5.74) is 1.54. The summed E-state index contributed by atoms with van der Waals surface area (Å²) in [6.07, 6.45) is 2.55. The maximum absolute atomic E-state index is 12.7. The molecule has 2 amide bonds. The molecule has 1 fully saturated rings. The molecule has 0 bridgehead atoms. The number of hydrogen-bond donors (Lipinski definition) is 2. The molecule has 0 radical (unpaired) electrons. The van der Waals surface area contributed by atoms with Gasteiger partial charge in [-0.15, -0.1) is 0 Å². The van der Waals surface area contributed by atoms with Crippen LogP contribution in [0.3, 0.4) is 0 Å². The predicted molar refractivity (Wildman–Crippen MR) is 71.7 cm³/mol. The lowest BCUT2D eigenvalue weighted by Gasteiger charge is -2.36. The van der Waals surface area contributed by atoms with Gasteiger partial charge in [0.25, 0.3) is 0 Å². The Morgan fingerprint density at radius 3 is 3.05 bits per heavy atom. The minimum absolute atomic E-state index is 0.240. The lowest BCUT2D eigenvalue weighted by atomic mass is 10.0. The number of aromatic amines is 1. The molecular weight excluding hydrogens is 276 g/mol. The minimum Gasteiger partial charge on any atom is -0.480 e. The van der Waals surface area contributed by atoms with E-state index in [1.807, 2.05) is 0 Å². The van der Waals surface area contributed by atoms with Gasteiger partial charge in [-0.3, -0.25) is 0 Å². The summed E-state index contributed by atoms with van der Waals surface area (Å²) in [5, 5.41) is 9.40. The second-order valence-corrected chi connectivity index (χ2v) is 5.25. The quantitative estimate of drug-likeness (QED) is 0.763. The Bertz CT molecular complexity index is 536. The number of aromatic nitrogens is 2. The number of carboxylic acids is 1. The lowest BCUT2D eigenvalue weighted by Crippen LogP contribution is -2.53. The second kappa shape index (κ2) is 5.72. The number of carbonyl (C=O) groups is 2. The predicted octanol–water partition coefficient (Wildman–Crippen LogP) is 0.0633. The van der Waals surface area contributed by atoms with E-state index in [-0.39, 0.29) is 19.0 Å². The van der Waals surface area contributed by atoms with Crippen molar-refractivity contribution in [3.63, 3.8) is 0 Å². The van der Waals surface area contributed by atoms with Gasteiger partial charge in [0, 0.05) is 26.1 Å². The van der Waals surface area contributed by atoms with Crippen LogP contribution in [0.15, 0.2) is 6.33 Å². The molecule has 3 rings (SSSR count). The molecule has 2 aliphatic heterocycles. The fourth-order valence-corrected chi connectivity index (χ4v) is 2.78. The van der Waals surface area contributed by atoms with Crippen LogP contribution < -0.4 is 0 Å². The summed E-state index contributed by atoms with van der Waals surface area (Å²) in [6.45, 7) is 2.47. The van der Waals surface area contributed by atoms with Crippen LogP contribution in [0.1, 0.15) is 17.8 Å². The normalized spacial score (nSPS) is 22.6. The van der Waals surface area contributed by atoms with E-state index in [9.17, 15) is 14.7 Å². The first-order valence-electron chi connectivity index (χ1n) is 7.04. The van der Waals surface area contributed by atoms with Crippen molar-refractivity contribution in [3.05, 3.63) is 17.7 Å². The standard InChI is InChI=1S/C13H18N4O4/c18-12(19)11-6-9-10(15-8-14-9)7-17(11)13(20)16-2-1-4-21-5-3-16/h8,11H,1-7H2,(H,14,15)(H,18,19). The minimum atomic E-state index is -0.997. The van der Waals surface area contributed by atoms with Crippen molar-refractivity contribution in [2.75, 3.05) is 26.3 Å². The Kier molecular flexibility index (Phi) is 3.78. The van der Waals surface area contributed by atoms with Gasteiger partial charge < -0.3 is 24.6 Å². The molecular formula is C13H18N4O4. The van der Waals surface area contributed by atoms with Gasteiger partial charge in [-0.1, -0.05) is 0 Å². The van der Waals surface area contributed by atoms with Gasteiger partial charge in [0.1, 0.15) is 6.04 Å². The molecule has 1 unspecified atom stereocenters. The van der Waals surface area contributed by atoms with E-state index < -0.39 is 12.0 Å². The third kappa shape index (κ3) is 2.71. The van der Waals surface area contributed by atoms with Gasteiger partial charge in [0.15, 0.2) is 0 Å². The lowest BCUT2D eigenvalue weighted by molar-refractivity contribution is -0.143. The molecule has 1 aromatic heterocycles. The third-order valence-electron chi connectivity index (χ3n) is 3.92. The van der Waals surface area contributed by atoms with Gasteiger partial charge >= 0.3 is 12.0 Å². The third-order valence-corrected chi connectivity index (χ3v) is 3.92. The molecule has 3 heterocycles. The molecule has 1 aromatic rings. The maximum atomic E-state index is 12.7. The highest BCUT2D eigenvalue weighted by atomic mass is 16.5. The zero-order valence-electron chi connectivity index (χ0n) is 11.6. The van der Waals surface area contributed by atoms with E-state index in [1.54, 1.807) is 4.90 Å².